The van der Waals surface area contributed by atoms with Crippen LogP contribution in [0, 0.1) is 23.7 Å². The Balaban J connectivity index is 3.33. The molecule has 0 bridgehead atoms. The van der Waals surface area contributed by atoms with Gasteiger partial charge in [-0.05, 0) is 11.6 Å². The van der Waals surface area contributed by atoms with Crippen molar-refractivity contribution in [3.63, 3.8) is 0 Å². The van der Waals surface area contributed by atoms with Crippen LogP contribution >= 0.6 is 0 Å². The predicted molar refractivity (Wildman–Crippen MR) is 53.5 cm³/mol. The van der Waals surface area contributed by atoms with Crippen molar-refractivity contribution in [2.24, 2.45) is 0 Å². The molecule has 0 fully saturated rings. The Morgan fingerprint density at radius 3 is 2.79 bits per heavy atom. The van der Waals surface area contributed by atoms with E-state index in [-0.39, 0.29) is 5.92 Å². The Bertz CT molecular complexity index is 409. The van der Waals surface area contributed by atoms with E-state index in [1.807, 2.05) is 6.07 Å². The van der Waals surface area contributed by atoms with E-state index in [2.05, 4.69) is 5.92 Å². The summed E-state index contributed by atoms with van der Waals surface area (Å²) in [5.74, 6) is 2.14. The number of nitrogens with zero attached hydrogens (tertiary/aromatic N) is 1. The molecule has 0 amide bonds. The van der Waals surface area contributed by atoms with Gasteiger partial charge in [-0.2, -0.15) is 5.26 Å². The molecule has 0 aliphatic rings. The molecule has 1 aromatic rings. The molecule has 0 saturated carbocycles. The molecular formula is C12H10FN. The van der Waals surface area contributed by atoms with Gasteiger partial charge in [-0.25, -0.2) is 0 Å². The standard InChI is InChI=1S/C12H10FN/c1-3-10-5-4-6-11(9(2)7-13)12(10)8-14/h1,4-6,9H,7H2,2H3. The SMILES string of the molecule is C#Cc1cccc(C(C)CF)c1C#N. The fourth-order valence-corrected chi connectivity index (χ4v) is 1.31. The molecule has 0 radical (unpaired) electrons. The van der Waals surface area contributed by atoms with Crippen LogP contribution < -0.4 is 0 Å². The molecule has 2 heteroatoms. The molecule has 1 aromatic carbocycles. The van der Waals surface area contributed by atoms with Crippen molar-refractivity contribution in [2.75, 3.05) is 6.67 Å². The lowest BCUT2D eigenvalue weighted by Crippen LogP contribution is -2.00. The summed E-state index contributed by atoms with van der Waals surface area (Å²) >= 11 is 0. The normalized spacial score (nSPS) is 11.4. The highest BCUT2D eigenvalue weighted by Crippen LogP contribution is 2.22. The van der Waals surface area contributed by atoms with Gasteiger partial charge in [-0.3, -0.25) is 4.39 Å². The summed E-state index contributed by atoms with van der Waals surface area (Å²) in [6, 6.07) is 7.20. The van der Waals surface area contributed by atoms with Gasteiger partial charge in [0.25, 0.3) is 0 Å². The number of halogens is 1. The third-order valence-corrected chi connectivity index (χ3v) is 2.13. The number of hydrogen-bond donors (Lipinski definition) is 0. The van der Waals surface area contributed by atoms with E-state index in [4.69, 9.17) is 11.7 Å². The first-order chi connectivity index (χ1) is 6.74. The van der Waals surface area contributed by atoms with Crippen molar-refractivity contribution in [3.8, 4) is 18.4 Å². The van der Waals surface area contributed by atoms with E-state index < -0.39 is 6.67 Å². The molecule has 0 spiro atoms. The molecule has 1 unspecified atom stereocenters. The lowest BCUT2D eigenvalue weighted by atomic mass is 9.94. The van der Waals surface area contributed by atoms with Gasteiger partial charge in [-0.1, -0.05) is 25.0 Å². The smallest absolute Gasteiger partial charge is 0.101 e. The number of terminal acetylenes is 1. The van der Waals surface area contributed by atoms with Crippen LogP contribution in [-0.2, 0) is 0 Å². The zero-order chi connectivity index (χ0) is 10.6. The molecule has 0 saturated heterocycles. The quantitative estimate of drug-likeness (QED) is 0.653. The summed E-state index contributed by atoms with van der Waals surface area (Å²) in [6.45, 7) is 1.25. The van der Waals surface area contributed by atoms with Crippen LogP contribution in [0.5, 0.6) is 0 Å². The van der Waals surface area contributed by atoms with Crippen LogP contribution in [0.25, 0.3) is 0 Å². The Morgan fingerprint density at radius 1 is 1.57 bits per heavy atom. The molecule has 0 heterocycles. The van der Waals surface area contributed by atoms with Crippen LogP contribution in [0.15, 0.2) is 18.2 Å². The number of nitriles is 1. The largest absolute Gasteiger partial charge is 0.250 e. The van der Waals surface area contributed by atoms with Crippen molar-refractivity contribution < 1.29 is 4.39 Å². The molecular weight excluding hydrogens is 177 g/mol. The topological polar surface area (TPSA) is 23.8 Å². The maximum Gasteiger partial charge on any atom is 0.101 e. The van der Waals surface area contributed by atoms with E-state index in [9.17, 15) is 4.39 Å². The lowest BCUT2D eigenvalue weighted by molar-refractivity contribution is 0.447. The van der Waals surface area contributed by atoms with Gasteiger partial charge in [0.05, 0.1) is 12.2 Å². The molecule has 0 aliphatic heterocycles. The highest BCUT2D eigenvalue weighted by atomic mass is 19.1. The number of hydrogen-bond acceptors (Lipinski definition) is 1. The van der Waals surface area contributed by atoms with Crippen LogP contribution in [-0.4, -0.2) is 6.67 Å². The third-order valence-electron chi connectivity index (χ3n) is 2.13. The minimum atomic E-state index is -0.483. The highest BCUT2D eigenvalue weighted by Gasteiger charge is 2.12. The predicted octanol–water partition coefficient (Wildman–Crippen LogP) is 2.61. The summed E-state index contributed by atoms with van der Waals surface area (Å²) < 4.78 is 12.5. The van der Waals surface area contributed by atoms with Gasteiger partial charge in [-0.15, -0.1) is 6.42 Å². The molecule has 1 rings (SSSR count). The first kappa shape index (κ1) is 10.3. The Kier molecular flexibility index (Phi) is 3.26. The fraction of sp³-hybridized carbons (Fsp3) is 0.250. The lowest BCUT2D eigenvalue weighted by Gasteiger charge is -2.10. The fourth-order valence-electron chi connectivity index (χ4n) is 1.31. The van der Waals surface area contributed by atoms with E-state index in [0.717, 1.165) is 0 Å². The number of rotatable bonds is 2. The average Bonchev–Trinajstić information content (AvgIpc) is 2.26. The minimum Gasteiger partial charge on any atom is -0.250 e. The Hall–Kier alpha value is -1.80. The van der Waals surface area contributed by atoms with Gasteiger partial charge in [0, 0.05) is 11.5 Å². The molecule has 0 aromatic heterocycles. The average molecular weight is 187 g/mol. The maximum atomic E-state index is 12.5. The van der Waals surface area contributed by atoms with Gasteiger partial charge < -0.3 is 0 Å². The molecule has 1 nitrogen and oxygen atoms in total. The van der Waals surface area contributed by atoms with Crippen LogP contribution in [0.2, 0.25) is 0 Å². The third kappa shape index (κ3) is 1.75. The minimum absolute atomic E-state index is 0.280. The van der Waals surface area contributed by atoms with E-state index in [0.29, 0.717) is 16.7 Å². The van der Waals surface area contributed by atoms with Crippen LogP contribution in [0.3, 0.4) is 0 Å². The second kappa shape index (κ2) is 4.44. The van der Waals surface area contributed by atoms with Crippen molar-refractivity contribution in [1.82, 2.24) is 0 Å². The highest BCUT2D eigenvalue weighted by molar-refractivity contribution is 5.52. The Morgan fingerprint density at radius 2 is 2.29 bits per heavy atom. The first-order valence-corrected chi connectivity index (χ1v) is 4.30. The number of benzene rings is 1. The van der Waals surface area contributed by atoms with Crippen LogP contribution in [0.4, 0.5) is 4.39 Å². The second-order valence-corrected chi connectivity index (χ2v) is 3.08. The van der Waals surface area contributed by atoms with Gasteiger partial charge in [0.15, 0.2) is 0 Å². The second-order valence-electron chi connectivity index (χ2n) is 3.08. The summed E-state index contributed by atoms with van der Waals surface area (Å²) in [5, 5.41) is 8.91. The monoisotopic (exact) mass is 187 g/mol. The molecule has 0 N–H and O–H groups in total. The van der Waals surface area contributed by atoms with Crippen molar-refractivity contribution in [3.05, 3.63) is 34.9 Å². The van der Waals surface area contributed by atoms with Gasteiger partial charge in [0.1, 0.15) is 6.07 Å². The number of alkyl halides is 1. The first-order valence-electron chi connectivity index (χ1n) is 4.30. The summed E-state index contributed by atoms with van der Waals surface area (Å²) in [7, 11) is 0. The molecule has 0 aliphatic carbocycles. The summed E-state index contributed by atoms with van der Waals surface area (Å²) in [6.07, 6.45) is 5.24. The van der Waals surface area contributed by atoms with Crippen molar-refractivity contribution in [1.29, 1.82) is 5.26 Å². The van der Waals surface area contributed by atoms with Crippen molar-refractivity contribution >= 4 is 0 Å². The zero-order valence-electron chi connectivity index (χ0n) is 7.92. The maximum absolute atomic E-state index is 12.5. The molecule has 14 heavy (non-hydrogen) atoms. The van der Waals surface area contributed by atoms with Crippen molar-refractivity contribution in [2.45, 2.75) is 12.8 Å². The van der Waals surface area contributed by atoms with Gasteiger partial charge in [0.2, 0.25) is 0 Å². The Labute approximate surface area is 83.2 Å². The molecule has 1 atom stereocenters. The van der Waals surface area contributed by atoms with E-state index in [1.54, 1.807) is 25.1 Å². The van der Waals surface area contributed by atoms with Crippen LogP contribution in [0.1, 0.15) is 29.5 Å². The summed E-state index contributed by atoms with van der Waals surface area (Å²) in [4.78, 5) is 0. The summed E-state index contributed by atoms with van der Waals surface area (Å²) in [5.41, 5.74) is 1.64. The van der Waals surface area contributed by atoms with Gasteiger partial charge >= 0.3 is 0 Å². The van der Waals surface area contributed by atoms with E-state index >= 15 is 0 Å². The zero-order valence-corrected chi connectivity index (χ0v) is 7.92. The van der Waals surface area contributed by atoms with E-state index in [1.165, 1.54) is 0 Å². The molecule has 70 valence electrons.